The first-order valence-electron chi connectivity index (χ1n) is 6.83. The molecule has 1 saturated heterocycles. The first-order chi connectivity index (χ1) is 9.08. The number of benzene rings is 1. The van der Waals surface area contributed by atoms with Crippen LogP contribution in [-0.4, -0.2) is 38.6 Å². The Bertz CT molecular complexity index is 417. The zero-order valence-electron chi connectivity index (χ0n) is 11.7. The summed E-state index contributed by atoms with van der Waals surface area (Å²) < 4.78 is 13.5. The molecule has 0 aliphatic carbocycles. The molecular weight excluding hydrogens is 263 g/mol. The van der Waals surface area contributed by atoms with Crippen LogP contribution in [0.3, 0.4) is 0 Å². The van der Waals surface area contributed by atoms with E-state index in [1.54, 1.807) is 6.07 Å². The minimum Gasteiger partial charge on any atom is -0.374 e. The van der Waals surface area contributed by atoms with Crippen molar-refractivity contribution in [3.05, 3.63) is 29.6 Å². The summed E-state index contributed by atoms with van der Waals surface area (Å²) in [6, 6.07) is 5.07. The van der Waals surface area contributed by atoms with Gasteiger partial charge in [0.1, 0.15) is 5.82 Å². The second-order valence-electron chi connectivity index (χ2n) is 5.58. The monoisotopic (exact) mass is 284 g/mol. The quantitative estimate of drug-likeness (QED) is 0.783. The van der Waals surface area contributed by atoms with Crippen LogP contribution in [0.15, 0.2) is 18.2 Å². The van der Waals surface area contributed by atoms with Crippen LogP contribution in [0.1, 0.15) is 18.4 Å². The van der Waals surface area contributed by atoms with Crippen molar-refractivity contribution in [3.8, 4) is 0 Å². The maximum absolute atomic E-state index is 13.5. The molecule has 2 rings (SSSR count). The van der Waals surface area contributed by atoms with Gasteiger partial charge in [-0.15, -0.1) is 11.6 Å². The zero-order valence-corrected chi connectivity index (χ0v) is 12.5. The fourth-order valence-corrected chi connectivity index (χ4v) is 2.82. The molecule has 106 valence electrons. The minimum absolute atomic E-state index is 0.205. The van der Waals surface area contributed by atoms with Gasteiger partial charge in [0, 0.05) is 25.2 Å². The molecule has 1 aliphatic heterocycles. The smallest absolute Gasteiger partial charge is 0.125 e. The van der Waals surface area contributed by atoms with E-state index in [2.05, 4.69) is 16.8 Å². The molecule has 0 atom stereocenters. The zero-order chi connectivity index (χ0) is 13.8. The van der Waals surface area contributed by atoms with Gasteiger partial charge in [0.2, 0.25) is 0 Å². The number of nitrogens with zero attached hydrogens (tertiary/aromatic N) is 2. The highest BCUT2D eigenvalue weighted by Crippen LogP contribution is 2.23. The number of rotatable bonds is 4. The lowest BCUT2D eigenvalue weighted by atomic mass is 9.96. The summed E-state index contributed by atoms with van der Waals surface area (Å²) in [5, 5.41) is 0. The van der Waals surface area contributed by atoms with Crippen LogP contribution in [0.2, 0.25) is 0 Å². The van der Waals surface area contributed by atoms with E-state index in [9.17, 15) is 4.39 Å². The number of anilines is 1. The Hall–Kier alpha value is -0.800. The molecule has 0 aromatic heterocycles. The lowest BCUT2D eigenvalue weighted by molar-refractivity contribution is 0.222. The predicted octanol–water partition coefficient (Wildman–Crippen LogP) is 3.34. The highest BCUT2D eigenvalue weighted by molar-refractivity contribution is 6.17. The van der Waals surface area contributed by atoms with Crippen molar-refractivity contribution < 1.29 is 4.39 Å². The Morgan fingerprint density at radius 2 is 2.00 bits per heavy atom. The van der Waals surface area contributed by atoms with E-state index >= 15 is 0 Å². The van der Waals surface area contributed by atoms with E-state index in [1.165, 1.54) is 18.9 Å². The molecule has 0 saturated carbocycles. The third-order valence-electron chi connectivity index (χ3n) is 3.91. The molecule has 1 heterocycles. The van der Waals surface area contributed by atoms with Gasteiger partial charge in [-0.05, 0) is 62.7 Å². The highest BCUT2D eigenvalue weighted by Gasteiger charge is 2.18. The van der Waals surface area contributed by atoms with Gasteiger partial charge in [0.15, 0.2) is 0 Å². The van der Waals surface area contributed by atoms with E-state index in [0.29, 0.717) is 11.8 Å². The number of halogens is 2. The average Bonchev–Trinajstić information content (AvgIpc) is 2.40. The van der Waals surface area contributed by atoms with Gasteiger partial charge in [-0.25, -0.2) is 4.39 Å². The van der Waals surface area contributed by atoms with Crippen LogP contribution in [0.25, 0.3) is 0 Å². The maximum atomic E-state index is 13.5. The molecule has 0 radical (unpaired) electrons. The lowest BCUT2D eigenvalue weighted by Gasteiger charge is -2.32. The van der Waals surface area contributed by atoms with Gasteiger partial charge in [-0.3, -0.25) is 0 Å². The molecule has 0 bridgehead atoms. The van der Waals surface area contributed by atoms with E-state index in [-0.39, 0.29) is 5.82 Å². The van der Waals surface area contributed by atoms with E-state index in [0.717, 1.165) is 30.9 Å². The Morgan fingerprint density at radius 3 is 2.63 bits per heavy atom. The standard InChI is InChI=1S/C15H22ClFN2/c1-18-5-3-12(4-6-18)11-19(2)15-8-13(10-16)7-14(17)9-15/h7-9,12H,3-6,10-11H2,1-2H3. The molecule has 0 spiro atoms. The number of alkyl halides is 1. The average molecular weight is 285 g/mol. The molecule has 2 nitrogen and oxygen atoms in total. The number of likely N-dealkylation sites (tertiary alicyclic amines) is 1. The SMILES string of the molecule is CN1CCC(CN(C)c2cc(F)cc(CCl)c2)CC1. The van der Waals surface area contributed by atoms with Crippen LogP contribution in [0.4, 0.5) is 10.1 Å². The van der Waals surface area contributed by atoms with E-state index < -0.39 is 0 Å². The van der Waals surface area contributed by atoms with Gasteiger partial charge >= 0.3 is 0 Å². The second-order valence-corrected chi connectivity index (χ2v) is 5.85. The summed E-state index contributed by atoms with van der Waals surface area (Å²) in [6.07, 6.45) is 2.44. The van der Waals surface area contributed by atoms with Gasteiger partial charge < -0.3 is 9.80 Å². The van der Waals surface area contributed by atoms with Crippen molar-refractivity contribution >= 4 is 17.3 Å². The molecule has 0 amide bonds. The van der Waals surface area contributed by atoms with E-state index in [1.807, 2.05) is 13.1 Å². The summed E-state index contributed by atoms with van der Waals surface area (Å²) in [6.45, 7) is 3.31. The van der Waals surface area contributed by atoms with Crippen molar-refractivity contribution in [2.45, 2.75) is 18.7 Å². The third-order valence-corrected chi connectivity index (χ3v) is 4.22. The molecular formula is C15H22ClFN2. The lowest BCUT2D eigenvalue weighted by Crippen LogP contribution is -2.35. The summed E-state index contributed by atoms with van der Waals surface area (Å²) in [4.78, 5) is 4.51. The Labute approximate surface area is 120 Å². The number of hydrogen-bond acceptors (Lipinski definition) is 2. The molecule has 0 N–H and O–H groups in total. The first kappa shape index (κ1) is 14.6. The van der Waals surface area contributed by atoms with Crippen LogP contribution in [0, 0.1) is 11.7 Å². The first-order valence-corrected chi connectivity index (χ1v) is 7.37. The van der Waals surface area contributed by atoms with Gasteiger partial charge in [-0.1, -0.05) is 0 Å². The maximum Gasteiger partial charge on any atom is 0.125 e. The van der Waals surface area contributed by atoms with Gasteiger partial charge in [-0.2, -0.15) is 0 Å². The van der Waals surface area contributed by atoms with Gasteiger partial charge in [0.25, 0.3) is 0 Å². The Morgan fingerprint density at radius 1 is 1.32 bits per heavy atom. The van der Waals surface area contributed by atoms with Crippen LogP contribution < -0.4 is 4.90 Å². The molecule has 1 fully saturated rings. The Kier molecular flexibility index (Phi) is 5.06. The largest absolute Gasteiger partial charge is 0.374 e. The van der Waals surface area contributed by atoms with Crippen molar-refractivity contribution in [1.82, 2.24) is 4.90 Å². The summed E-state index contributed by atoms with van der Waals surface area (Å²) in [5.74, 6) is 0.847. The van der Waals surface area contributed by atoms with Crippen molar-refractivity contribution in [2.75, 3.05) is 38.6 Å². The molecule has 1 aromatic rings. The van der Waals surface area contributed by atoms with Crippen molar-refractivity contribution in [3.63, 3.8) is 0 Å². The number of piperidine rings is 1. The topological polar surface area (TPSA) is 6.48 Å². The Balaban J connectivity index is 1.99. The molecule has 1 aromatic carbocycles. The summed E-state index contributed by atoms with van der Waals surface area (Å²) in [7, 11) is 4.20. The van der Waals surface area contributed by atoms with Crippen LogP contribution in [-0.2, 0) is 5.88 Å². The number of hydrogen-bond donors (Lipinski definition) is 0. The predicted molar refractivity (Wildman–Crippen MR) is 79.4 cm³/mol. The molecule has 1 aliphatic rings. The second kappa shape index (κ2) is 6.58. The molecule has 0 unspecified atom stereocenters. The van der Waals surface area contributed by atoms with Gasteiger partial charge in [0.05, 0.1) is 0 Å². The molecule has 19 heavy (non-hydrogen) atoms. The minimum atomic E-state index is -0.205. The summed E-state index contributed by atoms with van der Waals surface area (Å²) in [5.41, 5.74) is 1.77. The fourth-order valence-electron chi connectivity index (χ4n) is 2.67. The van der Waals surface area contributed by atoms with Crippen molar-refractivity contribution in [1.29, 1.82) is 0 Å². The highest BCUT2D eigenvalue weighted by atomic mass is 35.5. The van der Waals surface area contributed by atoms with Crippen LogP contribution in [0.5, 0.6) is 0 Å². The summed E-state index contributed by atoms with van der Waals surface area (Å²) >= 11 is 5.79. The van der Waals surface area contributed by atoms with Crippen LogP contribution >= 0.6 is 11.6 Å². The molecule has 4 heteroatoms. The third kappa shape index (κ3) is 4.08. The fraction of sp³-hybridized carbons (Fsp3) is 0.600. The normalized spacial score (nSPS) is 17.7. The van der Waals surface area contributed by atoms with E-state index in [4.69, 9.17) is 11.6 Å². The van der Waals surface area contributed by atoms with Crippen molar-refractivity contribution in [2.24, 2.45) is 5.92 Å².